The molecule has 0 aromatic heterocycles. The third-order valence-corrected chi connectivity index (χ3v) is 2.99. The molecule has 0 bridgehead atoms. The molecule has 1 aromatic carbocycles. The minimum atomic E-state index is -0.187. The molecule has 0 amide bonds. The van der Waals surface area contributed by atoms with E-state index in [1.54, 1.807) is 0 Å². The smallest absolute Gasteiger partial charge is 0.307 e. The van der Waals surface area contributed by atoms with Crippen LogP contribution in [-0.2, 0) is 16.0 Å². The van der Waals surface area contributed by atoms with Crippen LogP contribution in [0.1, 0.15) is 39.7 Å². The van der Waals surface area contributed by atoms with E-state index in [0.29, 0.717) is 12.5 Å². The minimum Gasteiger partial charge on any atom is -0.491 e. The Labute approximate surface area is 127 Å². The predicted molar refractivity (Wildman–Crippen MR) is 84.6 cm³/mol. The van der Waals surface area contributed by atoms with Crippen molar-refractivity contribution in [3.8, 4) is 5.75 Å². The molecule has 1 N–H and O–H groups in total. The molecule has 0 aliphatic heterocycles. The van der Waals surface area contributed by atoms with E-state index in [1.165, 1.54) is 12.7 Å². The first kappa shape index (κ1) is 17.5. The molecule has 0 spiro atoms. The minimum absolute atomic E-state index is 0.0781. The van der Waals surface area contributed by atoms with Gasteiger partial charge in [0, 0.05) is 12.1 Å². The van der Waals surface area contributed by atoms with E-state index >= 15 is 0 Å². The van der Waals surface area contributed by atoms with E-state index in [4.69, 9.17) is 9.47 Å². The lowest BCUT2D eigenvalue weighted by Crippen LogP contribution is -2.38. The lowest BCUT2D eigenvalue weighted by molar-refractivity contribution is -0.141. The van der Waals surface area contributed by atoms with Crippen molar-refractivity contribution < 1.29 is 14.3 Å². The average Bonchev–Trinajstić information content (AvgIpc) is 2.39. The molecule has 0 saturated carbocycles. The molecule has 0 aliphatic rings. The standard InChI is InChI=1S/C17H27NO3/c1-12(2)18-15(11-17(19)20-5)10-14-6-8-16(9-7-14)21-13(3)4/h6-9,12-13,15,18H,10-11H2,1-5H3. The number of hydrogen-bond donors (Lipinski definition) is 1. The zero-order chi connectivity index (χ0) is 15.8. The van der Waals surface area contributed by atoms with Gasteiger partial charge in [-0.1, -0.05) is 26.0 Å². The van der Waals surface area contributed by atoms with Crippen LogP contribution >= 0.6 is 0 Å². The molecule has 1 rings (SSSR count). The molecule has 0 heterocycles. The summed E-state index contributed by atoms with van der Waals surface area (Å²) in [6.07, 6.45) is 1.33. The van der Waals surface area contributed by atoms with Gasteiger partial charge in [0.25, 0.3) is 0 Å². The van der Waals surface area contributed by atoms with Crippen LogP contribution in [-0.4, -0.2) is 31.3 Å². The van der Waals surface area contributed by atoms with Gasteiger partial charge in [0.15, 0.2) is 0 Å². The molecule has 118 valence electrons. The molecule has 4 nitrogen and oxygen atoms in total. The quantitative estimate of drug-likeness (QED) is 0.749. The van der Waals surface area contributed by atoms with Crippen LogP contribution in [0.25, 0.3) is 0 Å². The summed E-state index contributed by atoms with van der Waals surface area (Å²) in [6.45, 7) is 8.16. The summed E-state index contributed by atoms with van der Waals surface area (Å²) in [5.41, 5.74) is 1.17. The number of carbonyl (C=O) groups excluding carboxylic acids is 1. The molecule has 0 radical (unpaired) electrons. The number of rotatable bonds is 8. The van der Waals surface area contributed by atoms with Crippen molar-refractivity contribution in [2.75, 3.05) is 7.11 Å². The van der Waals surface area contributed by atoms with Gasteiger partial charge >= 0.3 is 5.97 Å². The zero-order valence-electron chi connectivity index (χ0n) is 13.7. The Balaban J connectivity index is 2.66. The first-order valence-electron chi connectivity index (χ1n) is 7.49. The number of benzene rings is 1. The second-order valence-electron chi connectivity index (χ2n) is 5.81. The highest BCUT2D eigenvalue weighted by molar-refractivity contribution is 5.70. The summed E-state index contributed by atoms with van der Waals surface area (Å²) in [5.74, 6) is 0.683. The highest BCUT2D eigenvalue weighted by Crippen LogP contribution is 2.16. The lowest BCUT2D eigenvalue weighted by atomic mass is 10.0. The molecule has 1 unspecified atom stereocenters. The Kier molecular flexibility index (Phi) is 7.23. The molecule has 21 heavy (non-hydrogen) atoms. The van der Waals surface area contributed by atoms with E-state index in [1.807, 2.05) is 38.1 Å². The lowest BCUT2D eigenvalue weighted by Gasteiger charge is -2.20. The summed E-state index contributed by atoms with van der Waals surface area (Å²) in [4.78, 5) is 11.5. The van der Waals surface area contributed by atoms with Crippen LogP contribution in [0.5, 0.6) is 5.75 Å². The SMILES string of the molecule is COC(=O)CC(Cc1ccc(OC(C)C)cc1)NC(C)C. The highest BCUT2D eigenvalue weighted by atomic mass is 16.5. The Morgan fingerprint density at radius 3 is 2.24 bits per heavy atom. The molecule has 1 aromatic rings. The van der Waals surface area contributed by atoms with E-state index in [0.717, 1.165) is 12.2 Å². The summed E-state index contributed by atoms with van der Waals surface area (Å²) in [7, 11) is 1.42. The van der Waals surface area contributed by atoms with Crippen LogP contribution in [0.3, 0.4) is 0 Å². The van der Waals surface area contributed by atoms with Gasteiger partial charge in [-0.15, -0.1) is 0 Å². The second kappa shape index (κ2) is 8.67. The Bertz CT molecular complexity index is 426. The number of hydrogen-bond acceptors (Lipinski definition) is 4. The molecular formula is C17H27NO3. The van der Waals surface area contributed by atoms with Crippen LogP contribution in [0.4, 0.5) is 0 Å². The molecule has 0 saturated heterocycles. The summed E-state index contributed by atoms with van der Waals surface area (Å²) in [5, 5.41) is 3.41. The van der Waals surface area contributed by atoms with Crippen molar-refractivity contribution in [3.63, 3.8) is 0 Å². The van der Waals surface area contributed by atoms with Crippen molar-refractivity contribution in [2.45, 2.75) is 58.7 Å². The summed E-state index contributed by atoms with van der Waals surface area (Å²) < 4.78 is 10.4. The topological polar surface area (TPSA) is 47.6 Å². The van der Waals surface area contributed by atoms with Crippen molar-refractivity contribution in [1.82, 2.24) is 5.32 Å². The summed E-state index contributed by atoms with van der Waals surface area (Å²) >= 11 is 0. The fourth-order valence-corrected chi connectivity index (χ4v) is 2.21. The summed E-state index contributed by atoms with van der Waals surface area (Å²) in [6, 6.07) is 8.44. The van der Waals surface area contributed by atoms with Gasteiger partial charge in [0.05, 0.1) is 19.6 Å². The van der Waals surface area contributed by atoms with Crippen LogP contribution in [0.15, 0.2) is 24.3 Å². The monoisotopic (exact) mass is 293 g/mol. The van der Waals surface area contributed by atoms with Gasteiger partial charge in [-0.05, 0) is 38.0 Å². The van der Waals surface area contributed by atoms with Gasteiger partial charge in [-0.3, -0.25) is 4.79 Å². The van der Waals surface area contributed by atoms with Gasteiger partial charge in [-0.25, -0.2) is 0 Å². The van der Waals surface area contributed by atoms with Crippen LogP contribution in [0, 0.1) is 0 Å². The van der Waals surface area contributed by atoms with Gasteiger partial charge in [0.2, 0.25) is 0 Å². The molecular weight excluding hydrogens is 266 g/mol. The van der Waals surface area contributed by atoms with Crippen molar-refractivity contribution in [1.29, 1.82) is 0 Å². The van der Waals surface area contributed by atoms with Crippen LogP contribution in [0.2, 0.25) is 0 Å². The number of esters is 1. The Morgan fingerprint density at radius 2 is 1.76 bits per heavy atom. The third kappa shape index (κ3) is 7.14. The van der Waals surface area contributed by atoms with Crippen molar-refractivity contribution >= 4 is 5.97 Å². The van der Waals surface area contributed by atoms with E-state index in [2.05, 4.69) is 19.2 Å². The van der Waals surface area contributed by atoms with Gasteiger partial charge < -0.3 is 14.8 Å². The maximum atomic E-state index is 11.5. The Morgan fingerprint density at radius 1 is 1.14 bits per heavy atom. The first-order chi connectivity index (χ1) is 9.90. The third-order valence-electron chi connectivity index (χ3n) is 2.99. The maximum Gasteiger partial charge on any atom is 0.307 e. The average molecular weight is 293 g/mol. The zero-order valence-corrected chi connectivity index (χ0v) is 13.7. The molecule has 1 atom stereocenters. The van der Waals surface area contributed by atoms with Gasteiger partial charge in [-0.2, -0.15) is 0 Å². The fraction of sp³-hybridized carbons (Fsp3) is 0.588. The molecule has 4 heteroatoms. The molecule has 0 aliphatic carbocycles. The largest absolute Gasteiger partial charge is 0.491 e. The fourth-order valence-electron chi connectivity index (χ4n) is 2.21. The van der Waals surface area contributed by atoms with E-state index in [9.17, 15) is 4.79 Å². The van der Waals surface area contributed by atoms with Crippen LogP contribution < -0.4 is 10.1 Å². The first-order valence-corrected chi connectivity index (χ1v) is 7.49. The predicted octanol–water partition coefficient (Wildman–Crippen LogP) is 2.95. The maximum absolute atomic E-state index is 11.5. The normalized spacial score (nSPS) is 12.5. The van der Waals surface area contributed by atoms with E-state index in [-0.39, 0.29) is 18.1 Å². The second-order valence-corrected chi connectivity index (χ2v) is 5.81. The van der Waals surface area contributed by atoms with Gasteiger partial charge in [0.1, 0.15) is 5.75 Å². The number of methoxy groups -OCH3 is 1. The van der Waals surface area contributed by atoms with Crippen molar-refractivity contribution in [2.24, 2.45) is 0 Å². The van der Waals surface area contributed by atoms with Crippen molar-refractivity contribution in [3.05, 3.63) is 29.8 Å². The Hall–Kier alpha value is -1.55. The number of nitrogens with one attached hydrogen (secondary N) is 1. The van der Waals surface area contributed by atoms with E-state index < -0.39 is 0 Å². The highest BCUT2D eigenvalue weighted by Gasteiger charge is 2.15. The number of carbonyl (C=O) groups is 1. The molecule has 0 fully saturated rings. The number of ether oxygens (including phenoxy) is 2.